The third-order valence-electron chi connectivity index (χ3n) is 2.29. The highest BCUT2D eigenvalue weighted by atomic mass is 16.5. The highest BCUT2D eigenvalue weighted by Gasteiger charge is 2.23. The molecule has 0 aliphatic rings. The predicted octanol–water partition coefficient (Wildman–Crippen LogP) is 3.40. The molecule has 0 aliphatic heterocycles. The fourth-order valence-corrected chi connectivity index (χ4v) is 1.91. The molecule has 0 aromatic rings. The highest BCUT2D eigenvalue weighted by molar-refractivity contribution is 5.66. The first-order valence-electron chi connectivity index (χ1n) is 5.43. The van der Waals surface area contributed by atoms with Gasteiger partial charge in [-0.15, -0.1) is 0 Å². The van der Waals surface area contributed by atoms with Crippen LogP contribution >= 0.6 is 0 Å². The Bertz CT molecular complexity index is 179. The summed E-state index contributed by atoms with van der Waals surface area (Å²) < 4.78 is 5.27. The van der Waals surface area contributed by atoms with Gasteiger partial charge in [-0.1, -0.05) is 34.6 Å². The summed E-state index contributed by atoms with van der Waals surface area (Å²) in [6.07, 6.45) is 2.06. The van der Waals surface area contributed by atoms with Gasteiger partial charge in [0, 0.05) is 6.92 Å². The van der Waals surface area contributed by atoms with E-state index in [0.29, 0.717) is 11.3 Å². The minimum atomic E-state index is -0.169. The smallest absolute Gasteiger partial charge is 0.302 e. The van der Waals surface area contributed by atoms with Crippen LogP contribution in [0.5, 0.6) is 0 Å². The van der Waals surface area contributed by atoms with Gasteiger partial charge in [-0.3, -0.25) is 4.79 Å². The van der Waals surface area contributed by atoms with Crippen molar-refractivity contribution < 1.29 is 9.53 Å². The minimum Gasteiger partial charge on any atom is -0.462 e. The number of carbonyl (C=O) groups is 1. The first-order valence-corrected chi connectivity index (χ1v) is 5.43. The fourth-order valence-electron chi connectivity index (χ4n) is 1.91. The lowest BCUT2D eigenvalue weighted by Crippen LogP contribution is -2.26. The summed E-state index contributed by atoms with van der Waals surface area (Å²) in [4.78, 5) is 10.9. The Kier molecular flexibility index (Phi) is 5.17. The minimum absolute atomic E-state index is 0.0757. The lowest BCUT2D eigenvalue weighted by Gasteiger charge is -2.28. The van der Waals surface area contributed by atoms with Crippen LogP contribution < -0.4 is 0 Å². The van der Waals surface area contributed by atoms with E-state index in [9.17, 15) is 4.79 Å². The van der Waals surface area contributed by atoms with Crippen LogP contribution in [0.25, 0.3) is 0 Å². The Hall–Kier alpha value is -0.530. The molecule has 14 heavy (non-hydrogen) atoms. The summed E-state index contributed by atoms with van der Waals surface area (Å²) in [6.45, 7) is 12.3. The van der Waals surface area contributed by atoms with E-state index in [1.165, 1.54) is 6.92 Å². The van der Waals surface area contributed by atoms with Crippen LogP contribution in [0, 0.1) is 11.3 Å². The van der Waals surface area contributed by atoms with Gasteiger partial charge in [-0.05, 0) is 24.2 Å². The lowest BCUT2D eigenvalue weighted by molar-refractivity contribution is -0.149. The molecule has 0 radical (unpaired) electrons. The van der Waals surface area contributed by atoms with Gasteiger partial charge in [-0.25, -0.2) is 0 Å². The second kappa shape index (κ2) is 5.38. The second-order valence-electron chi connectivity index (χ2n) is 5.30. The number of esters is 1. The maximum atomic E-state index is 10.9. The molecule has 2 nitrogen and oxygen atoms in total. The third kappa shape index (κ3) is 6.01. The number of hydrogen-bond donors (Lipinski definition) is 0. The van der Waals surface area contributed by atoms with Crippen molar-refractivity contribution in [2.45, 2.75) is 60.5 Å². The zero-order valence-corrected chi connectivity index (χ0v) is 10.4. The van der Waals surface area contributed by atoms with Crippen molar-refractivity contribution >= 4 is 5.97 Å². The van der Waals surface area contributed by atoms with Crippen LogP contribution in [0.1, 0.15) is 54.4 Å². The summed E-state index contributed by atoms with van der Waals surface area (Å²) in [6, 6.07) is 0. The van der Waals surface area contributed by atoms with Crippen molar-refractivity contribution in [3.05, 3.63) is 0 Å². The first-order chi connectivity index (χ1) is 6.26. The molecule has 0 spiro atoms. The zero-order valence-electron chi connectivity index (χ0n) is 10.4. The van der Waals surface area contributed by atoms with Gasteiger partial charge >= 0.3 is 5.97 Å². The van der Waals surface area contributed by atoms with Crippen molar-refractivity contribution in [3.8, 4) is 0 Å². The molecule has 2 heteroatoms. The van der Waals surface area contributed by atoms with Crippen molar-refractivity contribution in [2.75, 3.05) is 0 Å². The summed E-state index contributed by atoms with van der Waals surface area (Å²) in [5, 5.41) is 0. The van der Waals surface area contributed by atoms with Crippen LogP contribution in [-0.2, 0) is 9.53 Å². The normalized spacial score (nSPS) is 16.1. The largest absolute Gasteiger partial charge is 0.462 e. The quantitative estimate of drug-likeness (QED) is 0.650. The number of rotatable bonds is 4. The molecule has 0 aromatic heterocycles. The third-order valence-corrected chi connectivity index (χ3v) is 2.29. The van der Waals surface area contributed by atoms with E-state index in [4.69, 9.17) is 4.74 Å². The molecular formula is C12H24O2. The van der Waals surface area contributed by atoms with Gasteiger partial charge < -0.3 is 4.74 Å². The molecule has 84 valence electrons. The SMILES string of the molecule is CCC(OC(C)=O)C(C)CC(C)(C)C. The highest BCUT2D eigenvalue weighted by Crippen LogP contribution is 2.28. The van der Waals surface area contributed by atoms with Crippen molar-refractivity contribution in [3.63, 3.8) is 0 Å². The molecule has 0 fully saturated rings. The van der Waals surface area contributed by atoms with Crippen LogP contribution in [-0.4, -0.2) is 12.1 Å². The Morgan fingerprint density at radius 3 is 2.14 bits per heavy atom. The number of ether oxygens (including phenoxy) is 1. The van der Waals surface area contributed by atoms with Gasteiger partial charge in [0.25, 0.3) is 0 Å². The van der Waals surface area contributed by atoms with Crippen LogP contribution in [0.15, 0.2) is 0 Å². The molecule has 2 atom stereocenters. The summed E-state index contributed by atoms with van der Waals surface area (Å²) in [7, 11) is 0. The monoisotopic (exact) mass is 200 g/mol. The topological polar surface area (TPSA) is 26.3 Å². The van der Waals surface area contributed by atoms with Crippen LogP contribution in [0.4, 0.5) is 0 Å². The number of hydrogen-bond acceptors (Lipinski definition) is 2. The molecule has 0 bridgehead atoms. The average molecular weight is 200 g/mol. The Morgan fingerprint density at radius 1 is 1.36 bits per heavy atom. The van der Waals surface area contributed by atoms with Gasteiger partial charge in [0.05, 0.1) is 0 Å². The molecule has 2 unspecified atom stereocenters. The lowest BCUT2D eigenvalue weighted by atomic mass is 9.82. The van der Waals surface area contributed by atoms with Crippen molar-refractivity contribution in [1.82, 2.24) is 0 Å². The summed E-state index contributed by atoms with van der Waals surface area (Å²) in [5.41, 5.74) is 0.299. The van der Waals surface area contributed by atoms with E-state index in [1.807, 2.05) is 0 Å². The maximum Gasteiger partial charge on any atom is 0.302 e. The predicted molar refractivity (Wildman–Crippen MR) is 59.1 cm³/mol. The number of carbonyl (C=O) groups excluding carboxylic acids is 1. The van der Waals surface area contributed by atoms with Crippen LogP contribution in [0.3, 0.4) is 0 Å². The van der Waals surface area contributed by atoms with Crippen molar-refractivity contribution in [2.24, 2.45) is 11.3 Å². The standard InChI is InChI=1S/C12H24O2/c1-7-11(14-10(3)13)9(2)8-12(4,5)6/h9,11H,7-8H2,1-6H3. The molecule has 0 amide bonds. The Morgan fingerprint density at radius 2 is 1.86 bits per heavy atom. The van der Waals surface area contributed by atoms with E-state index >= 15 is 0 Å². The molecule has 0 heterocycles. The van der Waals surface area contributed by atoms with Gasteiger partial charge in [0.15, 0.2) is 0 Å². The van der Waals surface area contributed by atoms with Gasteiger partial charge in [0.1, 0.15) is 6.10 Å². The molecular weight excluding hydrogens is 176 g/mol. The molecule has 0 saturated carbocycles. The molecule has 0 aliphatic carbocycles. The first kappa shape index (κ1) is 13.5. The van der Waals surface area contributed by atoms with Gasteiger partial charge in [0.2, 0.25) is 0 Å². The Labute approximate surface area is 88.0 Å². The Balaban J connectivity index is 4.17. The molecule has 0 rings (SSSR count). The van der Waals surface area contributed by atoms with E-state index in [0.717, 1.165) is 12.8 Å². The fraction of sp³-hybridized carbons (Fsp3) is 0.917. The maximum absolute atomic E-state index is 10.9. The van der Waals surface area contributed by atoms with E-state index in [2.05, 4.69) is 34.6 Å². The van der Waals surface area contributed by atoms with E-state index < -0.39 is 0 Å². The van der Waals surface area contributed by atoms with E-state index in [1.54, 1.807) is 0 Å². The molecule has 0 aromatic carbocycles. The average Bonchev–Trinajstić information content (AvgIpc) is 1.96. The van der Waals surface area contributed by atoms with E-state index in [-0.39, 0.29) is 12.1 Å². The van der Waals surface area contributed by atoms with Gasteiger partial charge in [-0.2, -0.15) is 0 Å². The zero-order chi connectivity index (χ0) is 11.4. The van der Waals surface area contributed by atoms with Crippen molar-refractivity contribution in [1.29, 1.82) is 0 Å². The molecule has 0 N–H and O–H groups in total. The summed E-state index contributed by atoms with van der Waals surface area (Å²) in [5.74, 6) is 0.265. The van der Waals surface area contributed by atoms with Crippen LogP contribution in [0.2, 0.25) is 0 Å². The summed E-state index contributed by atoms with van der Waals surface area (Å²) >= 11 is 0. The molecule has 0 saturated heterocycles. The second-order valence-corrected chi connectivity index (χ2v) is 5.30.